The lowest BCUT2D eigenvalue weighted by atomic mass is 9.96. The van der Waals surface area contributed by atoms with Crippen molar-refractivity contribution in [3.05, 3.63) is 0 Å². The largest absolute Gasteiger partial charge is 0.348 e. The maximum atomic E-state index is 10.4. The molecule has 1 spiro atoms. The van der Waals surface area contributed by atoms with Gasteiger partial charge in [-0.1, -0.05) is 6.92 Å². The van der Waals surface area contributed by atoms with Crippen LogP contribution in [0.3, 0.4) is 0 Å². The van der Waals surface area contributed by atoms with E-state index < -0.39 is 0 Å². The van der Waals surface area contributed by atoms with Gasteiger partial charge in [-0.25, -0.2) is 0 Å². The number of hydrogen-bond donors (Lipinski definition) is 0. The Bertz CT molecular complexity index is 196. The fraction of sp³-hybridized carbons (Fsp3) is 0.900. The summed E-state index contributed by atoms with van der Waals surface area (Å²) in [5.41, 5.74) is 0. The standard InChI is InChI=1S/C10H16O3/c1-8-6-10(12-4-5-13-10)7-9(8)2-3-11/h3,8-9H,2,4-7H2,1H3. The molecule has 13 heavy (non-hydrogen) atoms. The molecule has 0 aromatic carbocycles. The van der Waals surface area contributed by atoms with Crippen molar-refractivity contribution >= 4 is 6.29 Å². The zero-order valence-corrected chi connectivity index (χ0v) is 7.99. The predicted molar refractivity (Wildman–Crippen MR) is 47.2 cm³/mol. The minimum Gasteiger partial charge on any atom is -0.348 e. The van der Waals surface area contributed by atoms with E-state index in [1.54, 1.807) is 0 Å². The minimum atomic E-state index is -0.326. The van der Waals surface area contributed by atoms with Crippen LogP contribution in [0.15, 0.2) is 0 Å². The van der Waals surface area contributed by atoms with Crippen LogP contribution in [0.5, 0.6) is 0 Å². The van der Waals surface area contributed by atoms with E-state index in [1.165, 1.54) is 0 Å². The molecule has 1 aliphatic heterocycles. The molecule has 0 amide bonds. The summed E-state index contributed by atoms with van der Waals surface area (Å²) in [4.78, 5) is 10.4. The number of hydrogen-bond acceptors (Lipinski definition) is 3. The molecule has 0 radical (unpaired) electrons. The van der Waals surface area contributed by atoms with Gasteiger partial charge in [0.25, 0.3) is 0 Å². The van der Waals surface area contributed by atoms with Crippen LogP contribution in [0.2, 0.25) is 0 Å². The highest BCUT2D eigenvalue weighted by molar-refractivity contribution is 5.50. The molecule has 1 saturated carbocycles. The highest BCUT2D eigenvalue weighted by Crippen LogP contribution is 2.45. The molecule has 3 heteroatoms. The van der Waals surface area contributed by atoms with Crippen LogP contribution in [0, 0.1) is 11.8 Å². The topological polar surface area (TPSA) is 35.5 Å². The maximum Gasteiger partial charge on any atom is 0.169 e. The molecule has 0 bridgehead atoms. The van der Waals surface area contributed by atoms with Gasteiger partial charge in [-0.2, -0.15) is 0 Å². The van der Waals surface area contributed by atoms with Crippen LogP contribution in [0.25, 0.3) is 0 Å². The van der Waals surface area contributed by atoms with Crippen LogP contribution < -0.4 is 0 Å². The van der Waals surface area contributed by atoms with Gasteiger partial charge >= 0.3 is 0 Å². The lowest BCUT2D eigenvalue weighted by Crippen LogP contribution is -2.26. The van der Waals surface area contributed by atoms with E-state index in [0.29, 0.717) is 31.5 Å². The van der Waals surface area contributed by atoms with Gasteiger partial charge in [-0.3, -0.25) is 0 Å². The molecule has 74 valence electrons. The number of carbonyl (C=O) groups excluding carboxylic acids is 1. The lowest BCUT2D eigenvalue weighted by Gasteiger charge is -2.21. The van der Waals surface area contributed by atoms with Gasteiger partial charge in [-0.15, -0.1) is 0 Å². The highest BCUT2D eigenvalue weighted by Gasteiger charge is 2.47. The summed E-state index contributed by atoms with van der Waals surface area (Å²) in [5, 5.41) is 0. The Kier molecular flexibility index (Phi) is 2.39. The molecule has 2 aliphatic rings. The zero-order chi connectivity index (χ0) is 9.31. The molecule has 0 aromatic rings. The van der Waals surface area contributed by atoms with Gasteiger partial charge in [-0.05, 0) is 11.8 Å². The molecule has 1 saturated heterocycles. The molecule has 2 atom stereocenters. The summed E-state index contributed by atoms with van der Waals surface area (Å²) in [6, 6.07) is 0. The minimum absolute atomic E-state index is 0.326. The first kappa shape index (κ1) is 9.16. The van der Waals surface area contributed by atoms with Crippen LogP contribution >= 0.6 is 0 Å². The van der Waals surface area contributed by atoms with Crippen molar-refractivity contribution < 1.29 is 14.3 Å². The van der Waals surface area contributed by atoms with Crippen molar-refractivity contribution in [3.63, 3.8) is 0 Å². The van der Waals surface area contributed by atoms with Crippen molar-refractivity contribution in [1.29, 1.82) is 0 Å². The SMILES string of the molecule is CC1CC2(CC1CC=O)OCCO2. The predicted octanol–water partition coefficient (Wildman–Crippen LogP) is 1.36. The van der Waals surface area contributed by atoms with Crippen LogP contribution in [0.1, 0.15) is 26.2 Å². The number of carbonyl (C=O) groups is 1. The molecule has 1 aliphatic carbocycles. The normalized spacial score (nSPS) is 37.0. The van der Waals surface area contributed by atoms with E-state index in [0.717, 1.165) is 19.1 Å². The van der Waals surface area contributed by atoms with Gasteiger partial charge in [0.2, 0.25) is 0 Å². The Hall–Kier alpha value is -0.410. The summed E-state index contributed by atoms with van der Waals surface area (Å²) in [6.45, 7) is 3.59. The summed E-state index contributed by atoms with van der Waals surface area (Å²) < 4.78 is 11.2. The van der Waals surface area contributed by atoms with Crippen LogP contribution in [-0.2, 0) is 14.3 Å². The molecule has 0 aromatic heterocycles. The molecule has 0 N–H and O–H groups in total. The average molecular weight is 184 g/mol. The summed E-state index contributed by atoms with van der Waals surface area (Å²) in [6.07, 6.45) is 3.50. The molecular weight excluding hydrogens is 168 g/mol. The smallest absolute Gasteiger partial charge is 0.169 e. The molecule has 2 fully saturated rings. The number of aldehydes is 1. The second-order valence-electron chi connectivity index (χ2n) is 4.16. The Labute approximate surface area is 78.4 Å². The van der Waals surface area contributed by atoms with Gasteiger partial charge in [0.15, 0.2) is 5.79 Å². The Morgan fingerprint density at radius 2 is 2.08 bits per heavy atom. The molecule has 3 nitrogen and oxygen atoms in total. The Balaban J connectivity index is 2.00. The summed E-state index contributed by atoms with van der Waals surface area (Å²) >= 11 is 0. The number of ether oxygens (including phenoxy) is 2. The Morgan fingerprint density at radius 3 is 2.69 bits per heavy atom. The van der Waals surface area contributed by atoms with Gasteiger partial charge in [0, 0.05) is 19.3 Å². The van der Waals surface area contributed by atoms with E-state index >= 15 is 0 Å². The van der Waals surface area contributed by atoms with E-state index in [9.17, 15) is 4.79 Å². The monoisotopic (exact) mass is 184 g/mol. The fourth-order valence-corrected chi connectivity index (χ4v) is 2.51. The first-order chi connectivity index (χ1) is 6.26. The van der Waals surface area contributed by atoms with Crippen LogP contribution in [-0.4, -0.2) is 25.3 Å². The van der Waals surface area contributed by atoms with Gasteiger partial charge < -0.3 is 14.3 Å². The quantitative estimate of drug-likeness (QED) is 0.608. The lowest BCUT2D eigenvalue weighted by molar-refractivity contribution is -0.154. The summed E-state index contributed by atoms with van der Waals surface area (Å²) in [7, 11) is 0. The third kappa shape index (κ3) is 1.63. The second-order valence-corrected chi connectivity index (χ2v) is 4.16. The highest BCUT2D eigenvalue weighted by atomic mass is 16.7. The fourth-order valence-electron chi connectivity index (χ4n) is 2.51. The first-order valence-electron chi connectivity index (χ1n) is 4.97. The maximum absolute atomic E-state index is 10.4. The van der Waals surface area contributed by atoms with E-state index in [-0.39, 0.29) is 5.79 Å². The van der Waals surface area contributed by atoms with Crippen molar-refractivity contribution in [2.75, 3.05) is 13.2 Å². The third-order valence-electron chi connectivity index (χ3n) is 3.22. The molecule has 2 rings (SSSR count). The van der Waals surface area contributed by atoms with E-state index in [1.807, 2.05) is 0 Å². The van der Waals surface area contributed by atoms with Crippen molar-refractivity contribution in [2.45, 2.75) is 32.0 Å². The van der Waals surface area contributed by atoms with Gasteiger partial charge in [0.1, 0.15) is 6.29 Å². The van der Waals surface area contributed by atoms with E-state index in [2.05, 4.69) is 6.92 Å². The van der Waals surface area contributed by atoms with E-state index in [4.69, 9.17) is 9.47 Å². The molecular formula is C10H16O3. The molecule has 2 unspecified atom stereocenters. The van der Waals surface area contributed by atoms with Crippen molar-refractivity contribution in [3.8, 4) is 0 Å². The van der Waals surface area contributed by atoms with Crippen molar-refractivity contribution in [2.24, 2.45) is 11.8 Å². The first-order valence-corrected chi connectivity index (χ1v) is 4.97. The van der Waals surface area contributed by atoms with Crippen LogP contribution in [0.4, 0.5) is 0 Å². The Morgan fingerprint density at radius 1 is 1.38 bits per heavy atom. The second kappa shape index (κ2) is 3.39. The van der Waals surface area contributed by atoms with Crippen molar-refractivity contribution in [1.82, 2.24) is 0 Å². The zero-order valence-electron chi connectivity index (χ0n) is 7.99. The van der Waals surface area contributed by atoms with Gasteiger partial charge in [0.05, 0.1) is 13.2 Å². The number of rotatable bonds is 2. The molecule has 1 heterocycles. The third-order valence-corrected chi connectivity index (χ3v) is 3.22. The summed E-state index contributed by atoms with van der Waals surface area (Å²) in [5.74, 6) is 0.673. The average Bonchev–Trinajstić information content (AvgIpc) is 2.63.